The van der Waals surface area contributed by atoms with E-state index in [0.717, 1.165) is 12.2 Å². The number of carbonyl (C=O) groups excluding carboxylic acids is 1. The molecule has 0 fully saturated rings. The molecule has 0 aliphatic rings. The Morgan fingerprint density at radius 2 is 2.19 bits per heavy atom. The van der Waals surface area contributed by atoms with Crippen LogP contribution in [0.5, 0.6) is 0 Å². The molecule has 2 rings (SSSR count). The number of esters is 1. The first-order chi connectivity index (χ1) is 12.7. The zero-order chi connectivity index (χ0) is 18.8. The lowest BCUT2D eigenvalue weighted by molar-refractivity contribution is 0.0523. The number of carbonyl (C=O) groups is 1. The fraction of sp³-hybridized carbons (Fsp3) is 0.389. The predicted molar refractivity (Wildman–Crippen MR) is 108 cm³/mol. The summed E-state index contributed by atoms with van der Waals surface area (Å²) in [6.07, 6.45) is 0.781. The highest BCUT2D eigenvalue weighted by Crippen LogP contribution is 2.30. The van der Waals surface area contributed by atoms with Gasteiger partial charge in [0.25, 0.3) is 0 Å². The number of anilines is 1. The van der Waals surface area contributed by atoms with Gasteiger partial charge >= 0.3 is 5.97 Å². The maximum Gasteiger partial charge on any atom is 0.344 e. The fourth-order valence-corrected chi connectivity index (χ4v) is 3.42. The van der Waals surface area contributed by atoms with Crippen molar-refractivity contribution in [1.82, 2.24) is 9.78 Å². The van der Waals surface area contributed by atoms with Crippen molar-refractivity contribution >= 4 is 40.9 Å². The maximum atomic E-state index is 12.5. The van der Waals surface area contributed by atoms with Crippen LogP contribution in [0.2, 0.25) is 0 Å². The smallest absolute Gasteiger partial charge is 0.344 e. The van der Waals surface area contributed by atoms with E-state index in [0.29, 0.717) is 36.1 Å². The third-order valence-electron chi connectivity index (χ3n) is 3.52. The number of nitrogens with one attached hydrogen (secondary N) is 1. The average molecular weight is 391 g/mol. The molecule has 2 aromatic rings. The van der Waals surface area contributed by atoms with Crippen LogP contribution in [-0.2, 0) is 17.5 Å². The average Bonchev–Trinajstić information content (AvgIpc) is 2.96. The summed E-state index contributed by atoms with van der Waals surface area (Å²) < 4.78 is 6.91. The molecular weight excluding hydrogens is 368 g/mol. The minimum absolute atomic E-state index is 0.319. The van der Waals surface area contributed by atoms with Gasteiger partial charge in [0.1, 0.15) is 16.4 Å². The molecule has 0 atom stereocenters. The highest BCUT2D eigenvalue weighted by Gasteiger charge is 2.24. The lowest BCUT2D eigenvalue weighted by Crippen LogP contribution is -2.13. The first-order valence-electron chi connectivity index (χ1n) is 8.35. The monoisotopic (exact) mass is 390 g/mol. The third-order valence-corrected chi connectivity index (χ3v) is 4.68. The summed E-state index contributed by atoms with van der Waals surface area (Å²) in [4.78, 5) is 16.4. The molecule has 26 heavy (non-hydrogen) atoms. The number of thiocarbonyl (C=S) groups is 1. The van der Waals surface area contributed by atoms with Crippen molar-refractivity contribution in [2.75, 3.05) is 25.0 Å². The van der Waals surface area contributed by atoms with Gasteiger partial charge in [-0.1, -0.05) is 42.1 Å². The van der Waals surface area contributed by atoms with Gasteiger partial charge in [-0.2, -0.15) is 5.10 Å². The minimum atomic E-state index is -0.365. The molecule has 0 unspecified atom stereocenters. The van der Waals surface area contributed by atoms with E-state index in [4.69, 9.17) is 4.74 Å². The first-order valence-corrected chi connectivity index (χ1v) is 9.75. The maximum absolute atomic E-state index is 12.5. The van der Waals surface area contributed by atoms with Crippen LogP contribution in [0, 0.1) is 0 Å². The van der Waals surface area contributed by atoms with Crippen LogP contribution in [-0.4, -0.2) is 40.6 Å². The normalized spacial score (nSPS) is 10.2. The fourth-order valence-electron chi connectivity index (χ4n) is 2.33. The zero-order valence-electron chi connectivity index (χ0n) is 14.9. The Balaban J connectivity index is 2.16. The summed E-state index contributed by atoms with van der Waals surface area (Å²) in [7, 11) is 1.81. The number of ether oxygens (including phenoxy) is 1. The molecule has 0 aliphatic carbocycles. The van der Waals surface area contributed by atoms with Crippen LogP contribution in [0.1, 0.15) is 29.3 Å². The van der Waals surface area contributed by atoms with Crippen molar-refractivity contribution in [3.05, 3.63) is 41.5 Å². The molecule has 1 heterocycles. The Kier molecular flexibility index (Phi) is 8.34. The first kappa shape index (κ1) is 20.2. The van der Waals surface area contributed by atoms with Gasteiger partial charge in [0.15, 0.2) is 0 Å². The summed E-state index contributed by atoms with van der Waals surface area (Å²) in [6, 6.07) is 10.1. The summed E-state index contributed by atoms with van der Waals surface area (Å²) in [5, 5.41) is 10.8. The number of thioether (sulfide) groups is 1. The molecule has 1 N–H and O–H groups in total. The number of nitrogens with zero attached hydrogens (tertiary/aromatic N) is 3. The standard InChI is InChI=1S/C18H22N4O2S2/c1-3-24-18(23)15-16(20-11-7-10-19-13-25)22(2)21-17(15)26-12-14-8-5-4-6-9-14/h4-6,8-9,20H,3,7,10-12H2,1-2H3. The van der Waals surface area contributed by atoms with Crippen LogP contribution >= 0.6 is 24.0 Å². The molecule has 1 aromatic carbocycles. The van der Waals surface area contributed by atoms with Crippen molar-refractivity contribution in [1.29, 1.82) is 0 Å². The molecule has 0 saturated carbocycles. The third kappa shape index (κ3) is 5.69. The molecule has 0 spiro atoms. The molecule has 8 heteroatoms. The topological polar surface area (TPSA) is 68.5 Å². The molecule has 1 aromatic heterocycles. The molecule has 0 saturated heterocycles. The summed E-state index contributed by atoms with van der Waals surface area (Å²) in [5.41, 5.74) is 1.65. The van der Waals surface area contributed by atoms with Crippen LogP contribution in [0.25, 0.3) is 0 Å². The summed E-state index contributed by atoms with van der Waals surface area (Å²) >= 11 is 6.08. The second-order valence-corrected chi connectivity index (χ2v) is 6.55. The van der Waals surface area contributed by atoms with Gasteiger partial charge in [0.2, 0.25) is 0 Å². The van der Waals surface area contributed by atoms with E-state index in [-0.39, 0.29) is 5.97 Å². The van der Waals surface area contributed by atoms with Crippen LogP contribution in [0.3, 0.4) is 0 Å². The van der Waals surface area contributed by atoms with Crippen LogP contribution in [0.4, 0.5) is 5.82 Å². The van der Waals surface area contributed by atoms with Gasteiger partial charge in [-0.15, -0.1) is 0 Å². The van der Waals surface area contributed by atoms with E-state index >= 15 is 0 Å². The van der Waals surface area contributed by atoms with E-state index in [9.17, 15) is 4.79 Å². The van der Waals surface area contributed by atoms with Crippen molar-refractivity contribution in [2.45, 2.75) is 24.1 Å². The number of benzene rings is 1. The number of hydrogen-bond acceptors (Lipinski definition) is 7. The van der Waals surface area contributed by atoms with Gasteiger partial charge < -0.3 is 10.1 Å². The molecule has 0 amide bonds. The quantitative estimate of drug-likeness (QED) is 0.219. The highest BCUT2D eigenvalue weighted by molar-refractivity contribution is 7.98. The molecule has 0 radical (unpaired) electrons. The van der Waals surface area contributed by atoms with E-state index in [1.165, 1.54) is 17.3 Å². The number of hydrogen-bond donors (Lipinski definition) is 1. The summed E-state index contributed by atoms with van der Waals surface area (Å²) in [5.74, 6) is 1.02. The largest absolute Gasteiger partial charge is 0.462 e. The van der Waals surface area contributed by atoms with Crippen molar-refractivity contribution < 1.29 is 9.53 Å². The Bertz CT molecular complexity index is 771. The van der Waals surface area contributed by atoms with Crippen molar-refractivity contribution in [3.63, 3.8) is 0 Å². The Labute approximate surface area is 163 Å². The Morgan fingerprint density at radius 3 is 2.88 bits per heavy atom. The molecule has 6 nitrogen and oxygen atoms in total. The Hall–Kier alpha value is -2.15. The second kappa shape index (κ2) is 10.8. The van der Waals surface area contributed by atoms with Gasteiger partial charge in [0, 0.05) is 19.3 Å². The van der Waals surface area contributed by atoms with E-state index in [1.54, 1.807) is 11.6 Å². The predicted octanol–water partition coefficient (Wildman–Crippen LogP) is 3.79. The van der Waals surface area contributed by atoms with E-state index < -0.39 is 0 Å². The van der Waals surface area contributed by atoms with Gasteiger partial charge in [-0.05, 0) is 31.1 Å². The Morgan fingerprint density at radius 1 is 1.42 bits per heavy atom. The molecule has 0 bridgehead atoms. The van der Waals surface area contributed by atoms with Gasteiger partial charge in [-0.25, -0.2) is 9.79 Å². The molecular formula is C18H22N4O2S2. The lowest BCUT2D eigenvalue weighted by atomic mass is 10.2. The number of aromatic nitrogens is 2. The highest BCUT2D eigenvalue weighted by atomic mass is 32.2. The number of rotatable bonds is 10. The van der Waals surface area contributed by atoms with Crippen LogP contribution < -0.4 is 5.32 Å². The molecule has 138 valence electrons. The van der Waals surface area contributed by atoms with Crippen molar-refractivity contribution in [2.24, 2.45) is 12.0 Å². The number of aliphatic imine (C=N–C) groups is 1. The second-order valence-electron chi connectivity index (χ2n) is 5.40. The number of aryl methyl sites for hydroxylation is 1. The van der Waals surface area contributed by atoms with Crippen LogP contribution in [0.15, 0.2) is 40.4 Å². The van der Waals surface area contributed by atoms with Crippen molar-refractivity contribution in [3.8, 4) is 0 Å². The zero-order valence-corrected chi connectivity index (χ0v) is 16.5. The number of isothiocyanates is 1. The lowest BCUT2D eigenvalue weighted by Gasteiger charge is -2.09. The van der Waals surface area contributed by atoms with Gasteiger partial charge in [0.05, 0.1) is 18.3 Å². The van der Waals surface area contributed by atoms with E-state index in [2.05, 4.69) is 44.9 Å². The SMILES string of the molecule is CCOC(=O)c1c(SCc2ccccc2)nn(C)c1NCCCN=C=S. The van der Waals surface area contributed by atoms with Gasteiger partial charge in [-0.3, -0.25) is 4.68 Å². The molecule has 0 aliphatic heterocycles. The minimum Gasteiger partial charge on any atom is -0.462 e. The van der Waals surface area contributed by atoms with E-state index in [1.807, 2.05) is 25.2 Å². The summed E-state index contributed by atoms with van der Waals surface area (Å²) in [6.45, 7) is 3.36.